The highest BCUT2D eigenvalue weighted by atomic mass is 16.6. The summed E-state index contributed by atoms with van der Waals surface area (Å²) in [6.07, 6.45) is 3.90. The SMILES string of the molecule is CN(Cc1ccc([N+](=O)[O-])cc1)C1CCCCC1O. The van der Waals surface area contributed by atoms with Gasteiger partial charge >= 0.3 is 0 Å². The number of non-ortho nitro benzene ring substituents is 1. The first-order chi connectivity index (χ1) is 9.08. The van der Waals surface area contributed by atoms with Crippen molar-refractivity contribution in [1.29, 1.82) is 0 Å². The zero-order chi connectivity index (χ0) is 13.8. The molecule has 0 amide bonds. The van der Waals surface area contributed by atoms with Gasteiger partial charge in [-0.25, -0.2) is 0 Å². The van der Waals surface area contributed by atoms with Crippen LogP contribution in [0.15, 0.2) is 24.3 Å². The lowest BCUT2D eigenvalue weighted by Gasteiger charge is -2.35. The Bertz CT molecular complexity index is 433. The molecule has 0 heterocycles. The maximum atomic E-state index is 10.6. The number of hydrogen-bond donors (Lipinski definition) is 1. The summed E-state index contributed by atoms with van der Waals surface area (Å²) in [5.41, 5.74) is 1.15. The van der Waals surface area contributed by atoms with E-state index in [0.29, 0.717) is 6.54 Å². The summed E-state index contributed by atoms with van der Waals surface area (Å²) < 4.78 is 0. The third-order valence-corrected chi connectivity index (χ3v) is 3.84. The van der Waals surface area contributed by atoms with Gasteiger partial charge < -0.3 is 5.11 Å². The van der Waals surface area contributed by atoms with Crippen LogP contribution in [0, 0.1) is 10.1 Å². The predicted octanol–water partition coefficient (Wildman–Crippen LogP) is 2.33. The molecule has 0 aromatic heterocycles. The van der Waals surface area contributed by atoms with Crippen molar-refractivity contribution < 1.29 is 10.0 Å². The average molecular weight is 264 g/mol. The highest BCUT2D eigenvalue weighted by molar-refractivity contribution is 5.32. The van der Waals surface area contributed by atoms with Gasteiger partial charge in [0.15, 0.2) is 0 Å². The van der Waals surface area contributed by atoms with Crippen LogP contribution in [0.3, 0.4) is 0 Å². The molecule has 1 aromatic carbocycles. The van der Waals surface area contributed by atoms with Gasteiger partial charge in [0.25, 0.3) is 5.69 Å². The number of rotatable bonds is 4. The molecular weight excluding hydrogens is 244 g/mol. The molecule has 1 aromatic rings. The van der Waals surface area contributed by atoms with Crippen LogP contribution < -0.4 is 0 Å². The van der Waals surface area contributed by atoms with Gasteiger partial charge in [0.2, 0.25) is 0 Å². The van der Waals surface area contributed by atoms with Crippen molar-refractivity contribution >= 4 is 5.69 Å². The Morgan fingerprint density at radius 2 is 1.95 bits per heavy atom. The Morgan fingerprint density at radius 3 is 2.53 bits per heavy atom. The van der Waals surface area contributed by atoms with E-state index in [2.05, 4.69) is 4.90 Å². The summed E-state index contributed by atoms with van der Waals surface area (Å²) in [4.78, 5) is 12.3. The molecule has 2 atom stereocenters. The summed E-state index contributed by atoms with van der Waals surface area (Å²) in [7, 11) is 2.00. The van der Waals surface area contributed by atoms with Crippen LogP contribution >= 0.6 is 0 Å². The van der Waals surface area contributed by atoms with E-state index in [1.165, 1.54) is 12.1 Å². The van der Waals surface area contributed by atoms with Gasteiger partial charge in [-0.2, -0.15) is 0 Å². The first-order valence-electron chi connectivity index (χ1n) is 6.69. The van der Waals surface area contributed by atoms with Crippen LogP contribution in [-0.4, -0.2) is 34.1 Å². The molecule has 0 spiro atoms. The summed E-state index contributed by atoms with van der Waals surface area (Å²) >= 11 is 0. The predicted molar refractivity (Wildman–Crippen MR) is 72.8 cm³/mol. The Kier molecular flexibility index (Phi) is 4.50. The van der Waals surface area contributed by atoms with Gasteiger partial charge in [0.05, 0.1) is 11.0 Å². The summed E-state index contributed by atoms with van der Waals surface area (Å²) in [6, 6.07) is 6.82. The minimum Gasteiger partial charge on any atom is -0.391 e. The van der Waals surface area contributed by atoms with Gasteiger partial charge in [-0.1, -0.05) is 25.0 Å². The quantitative estimate of drug-likeness (QED) is 0.669. The van der Waals surface area contributed by atoms with Crippen LogP contribution in [0.2, 0.25) is 0 Å². The molecule has 5 nitrogen and oxygen atoms in total. The molecule has 19 heavy (non-hydrogen) atoms. The van der Waals surface area contributed by atoms with E-state index >= 15 is 0 Å². The Labute approximate surface area is 113 Å². The fourth-order valence-electron chi connectivity index (χ4n) is 2.73. The maximum absolute atomic E-state index is 10.6. The average Bonchev–Trinajstić information content (AvgIpc) is 2.39. The molecule has 2 unspecified atom stereocenters. The second-order valence-corrected chi connectivity index (χ2v) is 5.26. The number of nitro groups is 1. The minimum absolute atomic E-state index is 0.115. The maximum Gasteiger partial charge on any atom is 0.269 e. The molecule has 0 radical (unpaired) electrons. The second-order valence-electron chi connectivity index (χ2n) is 5.26. The second kappa shape index (κ2) is 6.12. The lowest BCUT2D eigenvalue weighted by atomic mass is 9.91. The normalized spacial score (nSPS) is 23.5. The number of nitro benzene ring substituents is 1. The first-order valence-corrected chi connectivity index (χ1v) is 6.69. The van der Waals surface area contributed by atoms with E-state index in [0.717, 1.165) is 31.2 Å². The zero-order valence-corrected chi connectivity index (χ0v) is 11.2. The van der Waals surface area contributed by atoms with Gasteiger partial charge in [-0.3, -0.25) is 15.0 Å². The van der Waals surface area contributed by atoms with Gasteiger partial charge in [0, 0.05) is 24.7 Å². The largest absolute Gasteiger partial charge is 0.391 e. The van der Waals surface area contributed by atoms with E-state index in [1.807, 2.05) is 7.05 Å². The van der Waals surface area contributed by atoms with Crippen LogP contribution in [0.4, 0.5) is 5.69 Å². The molecule has 1 N–H and O–H groups in total. The lowest BCUT2D eigenvalue weighted by molar-refractivity contribution is -0.384. The van der Waals surface area contributed by atoms with Gasteiger partial charge in [-0.05, 0) is 25.5 Å². The van der Waals surface area contributed by atoms with Crippen molar-refractivity contribution in [2.45, 2.75) is 44.4 Å². The van der Waals surface area contributed by atoms with Crippen molar-refractivity contribution in [3.63, 3.8) is 0 Å². The zero-order valence-electron chi connectivity index (χ0n) is 11.2. The molecule has 5 heteroatoms. The first kappa shape index (κ1) is 14.0. The topological polar surface area (TPSA) is 66.6 Å². The van der Waals surface area contributed by atoms with Crippen LogP contribution in [0.5, 0.6) is 0 Å². The Morgan fingerprint density at radius 1 is 1.32 bits per heavy atom. The highest BCUT2D eigenvalue weighted by Gasteiger charge is 2.26. The fourth-order valence-corrected chi connectivity index (χ4v) is 2.73. The van der Waals surface area contributed by atoms with Crippen molar-refractivity contribution in [2.24, 2.45) is 0 Å². The van der Waals surface area contributed by atoms with E-state index in [4.69, 9.17) is 0 Å². The van der Waals surface area contributed by atoms with Crippen molar-refractivity contribution in [3.05, 3.63) is 39.9 Å². The highest BCUT2D eigenvalue weighted by Crippen LogP contribution is 2.24. The lowest BCUT2D eigenvalue weighted by Crippen LogP contribution is -2.42. The van der Waals surface area contributed by atoms with Crippen molar-refractivity contribution in [1.82, 2.24) is 4.90 Å². The molecule has 1 saturated carbocycles. The summed E-state index contributed by atoms with van der Waals surface area (Å²) in [6.45, 7) is 0.708. The van der Waals surface area contributed by atoms with E-state index in [9.17, 15) is 15.2 Å². The van der Waals surface area contributed by atoms with Gasteiger partial charge in [-0.15, -0.1) is 0 Å². The summed E-state index contributed by atoms with van der Waals surface area (Å²) in [5.74, 6) is 0. The molecule has 104 valence electrons. The number of likely N-dealkylation sites (N-methyl/N-ethyl adjacent to an activating group) is 1. The number of nitrogens with zero attached hydrogens (tertiary/aromatic N) is 2. The molecule has 1 fully saturated rings. The monoisotopic (exact) mass is 264 g/mol. The van der Waals surface area contributed by atoms with E-state index in [-0.39, 0.29) is 17.8 Å². The van der Waals surface area contributed by atoms with Crippen LogP contribution in [0.1, 0.15) is 31.2 Å². The molecule has 0 bridgehead atoms. The number of benzene rings is 1. The number of hydrogen-bond acceptors (Lipinski definition) is 4. The summed E-state index contributed by atoms with van der Waals surface area (Å²) in [5, 5.41) is 20.6. The minimum atomic E-state index is -0.390. The van der Waals surface area contributed by atoms with Crippen molar-refractivity contribution in [2.75, 3.05) is 7.05 Å². The van der Waals surface area contributed by atoms with Gasteiger partial charge in [0.1, 0.15) is 0 Å². The number of aliphatic hydroxyl groups excluding tert-OH is 1. The molecule has 0 saturated heterocycles. The molecule has 1 aliphatic rings. The Hall–Kier alpha value is -1.46. The van der Waals surface area contributed by atoms with Crippen molar-refractivity contribution in [3.8, 4) is 0 Å². The molecule has 0 aliphatic heterocycles. The molecular formula is C14H20N2O3. The fraction of sp³-hybridized carbons (Fsp3) is 0.571. The Balaban J connectivity index is 1.97. The number of aliphatic hydroxyl groups is 1. The molecule has 2 rings (SSSR count). The van der Waals surface area contributed by atoms with Crippen LogP contribution in [0.25, 0.3) is 0 Å². The van der Waals surface area contributed by atoms with Crippen LogP contribution in [-0.2, 0) is 6.54 Å². The smallest absolute Gasteiger partial charge is 0.269 e. The third-order valence-electron chi connectivity index (χ3n) is 3.84. The molecule has 1 aliphatic carbocycles. The van der Waals surface area contributed by atoms with E-state index in [1.54, 1.807) is 12.1 Å². The standard InChI is InChI=1S/C14H20N2O3/c1-15(13-4-2-3-5-14(13)17)10-11-6-8-12(9-7-11)16(18)19/h6-9,13-14,17H,2-5,10H2,1H3. The third kappa shape index (κ3) is 3.52. The van der Waals surface area contributed by atoms with E-state index < -0.39 is 4.92 Å².